The summed E-state index contributed by atoms with van der Waals surface area (Å²) in [7, 11) is 0. The molecular formula is C22H19FO5. The maximum absolute atomic E-state index is 13.4. The van der Waals surface area contributed by atoms with Crippen LogP contribution in [0.15, 0.2) is 60.7 Å². The van der Waals surface area contributed by atoms with E-state index in [0.717, 1.165) is 16.7 Å². The van der Waals surface area contributed by atoms with Crippen molar-refractivity contribution in [2.75, 3.05) is 0 Å². The molecule has 1 saturated heterocycles. The quantitative estimate of drug-likeness (QED) is 0.449. The summed E-state index contributed by atoms with van der Waals surface area (Å²) in [4.78, 5) is 36.6. The third-order valence-corrected chi connectivity index (χ3v) is 4.30. The molecule has 1 aliphatic rings. The first-order valence-corrected chi connectivity index (χ1v) is 8.69. The predicted molar refractivity (Wildman–Crippen MR) is 99.4 cm³/mol. The van der Waals surface area contributed by atoms with Gasteiger partial charge in [0.2, 0.25) is 5.92 Å². The van der Waals surface area contributed by atoms with Crippen LogP contribution in [0.1, 0.15) is 19.4 Å². The summed E-state index contributed by atoms with van der Waals surface area (Å²) in [6, 6.07) is 13.4. The van der Waals surface area contributed by atoms with Crippen LogP contribution in [0, 0.1) is 11.7 Å². The number of benzene rings is 2. The molecule has 0 atom stereocenters. The van der Waals surface area contributed by atoms with Gasteiger partial charge in [-0.3, -0.25) is 14.4 Å². The van der Waals surface area contributed by atoms with Gasteiger partial charge in [-0.25, -0.2) is 4.39 Å². The summed E-state index contributed by atoms with van der Waals surface area (Å²) < 4.78 is 23.3. The average Bonchev–Trinajstić information content (AvgIpc) is 2.60. The minimum Gasteiger partial charge on any atom is -0.422 e. The van der Waals surface area contributed by atoms with Crippen LogP contribution in [0.5, 0.6) is 0 Å². The van der Waals surface area contributed by atoms with Gasteiger partial charge in [-0.1, -0.05) is 43.0 Å². The number of carbonyl (C=O) groups excluding carboxylic acids is 3. The van der Waals surface area contributed by atoms with Crippen molar-refractivity contribution in [1.29, 1.82) is 0 Å². The molecule has 2 aromatic rings. The Morgan fingerprint density at radius 2 is 1.64 bits per heavy atom. The Balaban J connectivity index is 1.70. The normalized spacial score (nSPS) is 16.2. The van der Waals surface area contributed by atoms with Crippen LogP contribution in [0.4, 0.5) is 4.39 Å². The zero-order chi connectivity index (χ0) is 20.5. The van der Waals surface area contributed by atoms with Crippen LogP contribution >= 0.6 is 0 Å². The number of ketones is 1. The number of rotatable bonds is 5. The first-order valence-electron chi connectivity index (χ1n) is 8.69. The molecule has 0 amide bonds. The van der Waals surface area contributed by atoms with E-state index in [9.17, 15) is 18.8 Å². The van der Waals surface area contributed by atoms with E-state index in [1.807, 2.05) is 0 Å². The lowest BCUT2D eigenvalue weighted by Crippen LogP contribution is -2.49. The molecule has 1 fully saturated rings. The van der Waals surface area contributed by atoms with Gasteiger partial charge < -0.3 is 9.47 Å². The fraction of sp³-hybridized carbons (Fsp3) is 0.227. The highest BCUT2D eigenvalue weighted by Crippen LogP contribution is 2.26. The van der Waals surface area contributed by atoms with E-state index in [1.54, 1.807) is 36.4 Å². The van der Waals surface area contributed by atoms with E-state index >= 15 is 0 Å². The Morgan fingerprint density at radius 3 is 2.21 bits per heavy atom. The second-order valence-corrected chi connectivity index (χ2v) is 7.03. The molecule has 2 aromatic carbocycles. The van der Waals surface area contributed by atoms with Crippen molar-refractivity contribution < 1.29 is 28.2 Å². The number of Topliss-reactive ketones (excluding diaryl/α,β-unsaturated/α-hetero) is 1. The second kappa shape index (κ2) is 7.38. The van der Waals surface area contributed by atoms with Crippen LogP contribution in [-0.2, 0) is 30.3 Å². The number of allylic oxidation sites excluding steroid dienone is 1. The van der Waals surface area contributed by atoms with Gasteiger partial charge in [-0.2, -0.15) is 0 Å². The van der Waals surface area contributed by atoms with E-state index in [4.69, 9.17) is 9.47 Å². The molecule has 0 unspecified atom stereocenters. The standard InChI is InChI=1S/C22H19FO5/c1-13(19(24)18-20(25)27-22(2,3)28-21(18)26)11-14-7-9-15(10-8-14)16-5-4-6-17(23)12-16/h4-10,12,18H,1,11H2,2-3H3. The van der Waals surface area contributed by atoms with E-state index in [2.05, 4.69) is 6.58 Å². The number of hydrogen-bond donors (Lipinski definition) is 0. The molecular weight excluding hydrogens is 363 g/mol. The largest absolute Gasteiger partial charge is 0.422 e. The molecule has 3 rings (SSSR count). The number of esters is 2. The van der Waals surface area contributed by atoms with Crippen molar-refractivity contribution in [2.24, 2.45) is 5.92 Å². The number of hydrogen-bond acceptors (Lipinski definition) is 5. The Hall–Kier alpha value is -3.28. The lowest BCUT2D eigenvalue weighted by molar-refractivity contribution is -0.238. The maximum Gasteiger partial charge on any atom is 0.331 e. The molecule has 0 aromatic heterocycles. The molecule has 0 radical (unpaired) electrons. The highest BCUT2D eigenvalue weighted by Gasteiger charge is 2.47. The zero-order valence-electron chi connectivity index (χ0n) is 15.5. The molecule has 1 aliphatic heterocycles. The topological polar surface area (TPSA) is 69.7 Å². The van der Waals surface area contributed by atoms with Crippen molar-refractivity contribution in [3.63, 3.8) is 0 Å². The van der Waals surface area contributed by atoms with Crippen LogP contribution in [-0.4, -0.2) is 23.5 Å². The summed E-state index contributed by atoms with van der Waals surface area (Å²) in [6.45, 7) is 6.54. The third-order valence-electron chi connectivity index (χ3n) is 4.30. The smallest absolute Gasteiger partial charge is 0.331 e. The van der Waals surface area contributed by atoms with E-state index in [0.29, 0.717) is 0 Å². The summed E-state index contributed by atoms with van der Waals surface area (Å²) in [5.41, 5.74) is 2.41. The summed E-state index contributed by atoms with van der Waals surface area (Å²) in [5, 5.41) is 0. The van der Waals surface area contributed by atoms with Crippen molar-refractivity contribution in [3.05, 3.63) is 72.1 Å². The molecule has 6 heteroatoms. The van der Waals surface area contributed by atoms with Gasteiger partial charge in [0.05, 0.1) is 0 Å². The molecule has 28 heavy (non-hydrogen) atoms. The molecule has 5 nitrogen and oxygen atoms in total. The predicted octanol–water partition coefficient (Wildman–Crippen LogP) is 3.61. The lowest BCUT2D eigenvalue weighted by Gasteiger charge is -2.32. The Kier molecular flexibility index (Phi) is 5.14. The molecule has 144 valence electrons. The van der Waals surface area contributed by atoms with Gasteiger partial charge in [0.25, 0.3) is 5.79 Å². The summed E-state index contributed by atoms with van der Waals surface area (Å²) >= 11 is 0. The highest BCUT2D eigenvalue weighted by atomic mass is 19.1. The van der Waals surface area contributed by atoms with Gasteiger partial charge in [0.1, 0.15) is 5.82 Å². The number of halogens is 1. The Labute approximate surface area is 161 Å². The van der Waals surface area contributed by atoms with E-state index < -0.39 is 29.4 Å². The molecule has 0 N–H and O–H groups in total. The van der Waals surface area contributed by atoms with Gasteiger partial charge in [0.15, 0.2) is 5.78 Å². The third kappa shape index (κ3) is 4.17. The SMILES string of the molecule is C=C(Cc1ccc(-c2cccc(F)c2)cc1)C(=O)C1C(=O)OC(C)(C)OC1=O. The monoisotopic (exact) mass is 382 g/mol. The Bertz CT molecular complexity index is 939. The highest BCUT2D eigenvalue weighted by molar-refractivity contribution is 6.21. The minimum absolute atomic E-state index is 0.0945. The fourth-order valence-corrected chi connectivity index (χ4v) is 2.95. The van der Waals surface area contributed by atoms with Crippen LogP contribution in [0.2, 0.25) is 0 Å². The van der Waals surface area contributed by atoms with Gasteiger partial charge in [0, 0.05) is 20.3 Å². The number of carbonyl (C=O) groups is 3. The average molecular weight is 382 g/mol. The van der Waals surface area contributed by atoms with E-state index in [1.165, 1.54) is 26.0 Å². The molecule has 0 aliphatic carbocycles. The van der Waals surface area contributed by atoms with Crippen molar-refractivity contribution in [3.8, 4) is 11.1 Å². The maximum atomic E-state index is 13.4. The molecule has 0 bridgehead atoms. The van der Waals surface area contributed by atoms with Crippen LogP contribution < -0.4 is 0 Å². The van der Waals surface area contributed by atoms with Crippen molar-refractivity contribution >= 4 is 17.7 Å². The second-order valence-electron chi connectivity index (χ2n) is 7.03. The molecule has 0 saturated carbocycles. The minimum atomic E-state index is -1.65. The van der Waals surface area contributed by atoms with Gasteiger partial charge in [-0.05, 0) is 34.4 Å². The number of cyclic esters (lactones) is 2. The Morgan fingerprint density at radius 1 is 1.04 bits per heavy atom. The first kappa shape index (κ1) is 19.5. The lowest BCUT2D eigenvalue weighted by atomic mass is 9.92. The zero-order valence-corrected chi connectivity index (χ0v) is 15.5. The molecule has 1 heterocycles. The fourth-order valence-electron chi connectivity index (χ4n) is 2.95. The van der Waals surface area contributed by atoms with Crippen LogP contribution in [0.25, 0.3) is 11.1 Å². The number of ether oxygens (including phenoxy) is 2. The van der Waals surface area contributed by atoms with E-state index in [-0.39, 0.29) is 17.8 Å². The molecule has 0 spiro atoms. The summed E-state index contributed by atoms with van der Waals surface area (Å²) in [6.07, 6.45) is 0.155. The summed E-state index contributed by atoms with van der Waals surface area (Å²) in [5.74, 6) is -5.96. The van der Waals surface area contributed by atoms with Gasteiger partial charge in [-0.15, -0.1) is 0 Å². The van der Waals surface area contributed by atoms with Crippen molar-refractivity contribution in [2.45, 2.75) is 26.1 Å². The van der Waals surface area contributed by atoms with Crippen LogP contribution in [0.3, 0.4) is 0 Å². The van der Waals surface area contributed by atoms with Gasteiger partial charge >= 0.3 is 11.9 Å². The first-order chi connectivity index (χ1) is 13.2. The van der Waals surface area contributed by atoms with Crippen molar-refractivity contribution in [1.82, 2.24) is 0 Å².